The second-order valence-corrected chi connectivity index (χ2v) is 4.56. The molecule has 0 saturated heterocycles. The zero-order valence-corrected chi connectivity index (χ0v) is 10.9. The highest BCUT2D eigenvalue weighted by Gasteiger charge is 2.07. The highest BCUT2D eigenvalue weighted by molar-refractivity contribution is 5.76. The van der Waals surface area contributed by atoms with Crippen molar-refractivity contribution < 1.29 is 4.79 Å². The molecule has 100 valence electrons. The third-order valence-electron chi connectivity index (χ3n) is 2.76. The third-order valence-corrected chi connectivity index (χ3v) is 2.76. The molecule has 2 aromatic rings. The fourth-order valence-corrected chi connectivity index (χ4v) is 1.87. The van der Waals surface area contributed by atoms with E-state index in [9.17, 15) is 4.79 Å². The number of para-hydroxylation sites is 1. The van der Waals surface area contributed by atoms with E-state index in [2.05, 4.69) is 10.3 Å². The molecule has 1 amide bonds. The van der Waals surface area contributed by atoms with Crippen LogP contribution in [-0.2, 0) is 11.3 Å². The minimum absolute atomic E-state index is 0.0320. The summed E-state index contributed by atoms with van der Waals surface area (Å²) in [6, 6.07) is 7.77. The molecule has 2 rings (SSSR count). The predicted molar refractivity (Wildman–Crippen MR) is 73.7 cm³/mol. The van der Waals surface area contributed by atoms with E-state index < -0.39 is 0 Å². The van der Waals surface area contributed by atoms with Crippen molar-refractivity contribution in [3.05, 3.63) is 48.5 Å². The SMILES string of the molecule is CC(N)CC(=O)NCc1ccccc1-n1ccnc1. The Morgan fingerprint density at radius 1 is 1.47 bits per heavy atom. The third kappa shape index (κ3) is 3.66. The minimum atomic E-state index is -0.121. The van der Waals surface area contributed by atoms with Gasteiger partial charge in [-0.2, -0.15) is 0 Å². The van der Waals surface area contributed by atoms with Gasteiger partial charge in [-0.25, -0.2) is 4.98 Å². The van der Waals surface area contributed by atoms with Crippen LogP contribution in [0, 0.1) is 0 Å². The Kier molecular flexibility index (Phi) is 4.30. The normalized spacial score (nSPS) is 12.1. The highest BCUT2D eigenvalue weighted by atomic mass is 16.1. The second kappa shape index (κ2) is 6.15. The van der Waals surface area contributed by atoms with Crippen LogP contribution in [0.15, 0.2) is 43.0 Å². The van der Waals surface area contributed by atoms with Crippen LogP contribution in [0.1, 0.15) is 18.9 Å². The van der Waals surface area contributed by atoms with Gasteiger partial charge < -0.3 is 15.6 Å². The van der Waals surface area contributed by atoms with Gasteiger partial charge in [0, 0.05) is 31.4 Å². The number of hydrogen-bond acceptors (Lipinski definition) is 3. The number of rotatable bonds is 5. The zero-order valence-electron chi connectivity index (χ0n) is 10.9. The van der Waals surface area contributed by atoms with Gasteiger partial charge in [0.1, 0.15) is 0 Å². The van der Waals surface area contributed by atoms with Crippen LogP contribution < -0.4 is 11.1 Å². The van der Waals surface area contributed by atoms with Gasteiger partial charge in [0.2, 0.25) is 5.91 Å². The lowest BCUT2D eigenvalue weighted by Crippen LogP contribution is -2.29. The van der Waals surface area contributed by atoms with Crippen molar-refractivity contribution in [2.24, 2.45) is 5.73 Å². The molecule has 5 heteroatoms. The fraction of sp³-hybridized carbons (Fsp3) is 0.286. The average molecular weight is 258 g/mol. The van der Waals surface area contributed by atoms with Crippen LogP contribution in [0.25, 0.3) is 5.69 Å². The molecule has 0 fully saturated rings. The van der Waals surface area contributed by atoms with Gasteiger partial charge in [-0.3, -0.25) is 4.79 Å². The molecule has 0 bridgehead atoms. The van der Waals surface area contributed by atoms with Crippen molar-refractivity contribution in [2.45, 2.75) is 25.9 Å². The van der Waals surface area contributed by atoms with Crippen molar-refractivity contribution in [1.82, 2.24) is 14.9 Å². The quantitative estimate of drug-likeness (QED) is 0.847. The molecule has 0 spiro atoms. The zero-order chi connectivity index (χ0) is 13.7. The molecule has 5 nitrogen and oxygen atoms in total. The Hall–Kier alpha value is -2.14. The van der Waals surface area contributed by atoms with Crippen LogP contribution in [0.3, 0.4) is 0 Å². The standard InChI is InChI=1S/C14H18N4O/c1-11(15)8-14(19)17-9-12-4-2-3-5-13(12)18-7-6-16-10-18/h2-7,10-11H,8-9,15H2,1H3,(H,17,19). The molecular formula is C14H18N4O. The van der Waals surface area contributed by atoms with Gasteiger partial charge in [0.05, 0.1) is 12.0 Å². The number of benzene rings is 1. The van der Waals surface area contributed by atoms with Gasteiger partial charge in [-0.1, -0.05) is 18.2 Å². The maximum absolute atomic E-state index is 11.6. The summed E-state index contributed by atoms with van der Waals surface area (Å²) >= 11 is 0. The average Bonchev–Trinajstić information content (AvgIpc) is 2.89. The number of nitrogens with zero attached hydrogens (tertiary/aromatic N) is 2. The predicted octanol–water partition coefficient (Wildman–Crippen LogP) is 1.23. The second-order valence-electron chi connectivity index (χ2n) is 4.56. The highest BCUT2D eigenvalue weighted by Crippen LogP contribution is 2.13. The van der Waals surface area contributed by atoms with Crippen molar-refractivity contribution >= 4 is 5.91 Å². The molecule has 0 radical (unpaired) electrons. The van der Waals surface area contributed by atoms with Crippen molar-refractivity contribution in [3.8, 4) is 5.69 Å². The first-order valence-corrected chi connectivity index (χ1v) is 6.25. The van der Waals surface area contributed by atoms with Crippen LogP contribution in [0.4, 0.5) is 0 Å². The van der Waals surface area contributed by atoms with Crippen molar-refractivity contribution in [1.29, 1.82) is 0 Å². The first-order valence-electron chi connectivity index (χ1n) is 6.25. The lowest BCUT2D eigenvalue weighted by molar-refractivity contribution is -0.121. The molecule has 1 unspecified atom stereocenters. The van der Waals surface area contributed by atoms with Crippen LogP contribution in [0.5, 0.6) is 0 Å². The number of nitrogens with two attached hydrogens (primary N) is 1. The van der Waals surface area contributed by atoms with E-state index in [1.54, 1.807) is 12.5 Å². The summed E-state index contributed by atoms with van der Waals surface area (Å²) in [6.45, 7) is 2.30. The number of carbonyl (C=O) groups is 1. The van der Waals surface area contributed by atoms with Crippen LogP contribution >= 0.6 is 0 Å². The molecule has 1 aromatic carbocycles. The van der Waals surface area contributed by atoms with E-state index in [-0.39, 0.29) is 11.9 Å². The Balaban J connectivity index is 2.07. The summed E-state index contributed by atoms with van der Waals surface area (Å²) in [4.78, 5) is 15.6. The van der Waals surface area contributed by atoms with Crippen molar-refractivity contribution in [3.63, 3.8) is 0 Å². The first kappa shape index (κ1) is 13.3. The number of imidazole rings is 1. The Morgan fingerprint density at radius 3 is 2.95 bits per heavy atom. The van der Waals surface area contributed by atoms with Gasteiger partial charge in [-0.05, 0) is 18.6 Å². The summed E-state index contributed by atoms with van der Waals surface area (Å²) in [5, 5.41) is 2.88. The minimum Gasteiger partial charge on any atom is -0.352 e. The maximum Gasteiger partial charge on any atom is 0.221 e. The Bertz CT molecular complexity index is 534. The van der Waals surface area contributed by atoms with E-state index in [1.807, 2.05) is 42.0 Å². The molecule has 0 aliphatic carbocycles. The number of nitrogens with one attached hydrogen (secondary N) is 1. The van der Waals surface area contributed by atoms with Gasteiger partial charge in [0.15, 0.2) is 0 Å². The van der Waals surface area contributed by atoms with Gasteiger partial charge in [0.25, 0.3) is 0 Å². The molecule has 1 atom stereocenters. The molecule has 19 heavy (non-hydrogen) atoms. The van der Waals surface area contributed by atoms with Crippen LogP contribution in [0.2, 0.25) is 0 Å². The molecule has 0 aliphatic rings. The lowest BCUT2D eigenvalue weighted by atomic mass is 10.1. The Labute approximate surface area is 112 Å². The summed E-state index contributed by atoms with van der Waals surface area (Å²) in [6.07, 6.45) is 5.68. The van der Waals surface area contributed by atoms with Crippen molar-refractivity contribution in [2.75, 3.05) is 0 Å². The summed E-state index contributed by atoms with van der Waals surface area (Å²) in [5.41, 5.74) is 7.65. The largest absolute Gasteiger partial charge is 0.352 e. The summed E-state index contributed by atoms with van der Waals surface area (Å²) in [7, 11) is 0. The number of carbonyl (C=O) groups excluding carboxylic acids is 1. The lowest BCUT2D eigenvalue weighted by Gasteiger charge is -2.12. The molecule has 0 aliphatic heterocycles. The van der Waals surface area contributed by atoms with Gasteiger partial charge >= 0.3 is 0 Å². The molecular weight excluding hydrogens is 240 g/mol. The topological polar surface area (TPSA) is 72.9 Å². The molecule has 1 aromatic heterocycles. The van der Waals surface area contributed by atoms with Gasteiger partial charge in [-0.15, -0.1) is 0 Å². The van der Waals surface area contributed by atoms with E-state index >= 15 is 0 Å². The monoisotopic (exact) mass is 258 g/mol. The summed E-state index contributed by atoms with van der Waals surface area (Å²) < 4.78 is 1.92. The van der Waals surface area contributed by atoms with E-state index in [0.29, 0.717) is 13.0 Å². The smallest absolute Gasteiger partial charge is 0.221 e. The van der Waals surface area contributed by atoms with E-state index in [0.717, 1.165) is 11.3 Å². The summed E-state index contributed by atoms with van der Waals surface area (Å²) in [5.74, 6) is -0.0320. The molecule has 3 N–H and O–H groups in total. The number of hydrogen-bond donors (Lipinski definition) is 2. The fourth-order valence-electron chi connectivity index (χ4n) is 1.87. The first-order chi connectivity index (χ1) is 9.16. The number of aromatic nitrogens is 2. The van der Waals surface area contributed by atoms with E-state index in [1.165, 1.54) is 0 Å². The number of amides is 1. The molecule has 0 saturated carbocycles. The van der Waals surface area contributed by atoms with E-state index in [4.69, 9.17) is 5.73 Å². The maximum atomic E-state index is 11.6. The Morgan fingerprint density at radius 2 is 2.26 bits per heavy atom. The van der Waals surface area contributed by atoms with Crippen LogP contribution in [-0.4, -0.2) is 21.5 Å². The molecule has 1 heterocycles.